The van der Waals surface area contributed by atoms with Gasteiger partial charge in [-0.2, -0.15) is 0 Å². The van der Waals surface area contributed by atoms with Crippen LogP contribution in [-0.4, -0.2) is 25.0 Å². The Kier molecular flexibility index (Phi) is 7.31. The predicted octanol–water partition coefficient (Wildman–Crippen LogP) is 6.62. The molecular formula is C29H20Br2N2O5. The number of hydrogen-bond donors (Lipinski definition) is 1. The van der Waals surface area contributed by atoms with Gasteiger partial charge in [0.15, 0.2) is 11.5 Å². The van der Waals surface area contributed by atoms with Gasteiger partial charge < -0.3 is 9.47 Å². The molecule has 0 aliphatic carbocycles. The van der Waals surface area contributed by atoms with Crippen molar-refractivity contribution >= 4 is 72.2 Å². The number of barbiturate groups is 1. The highest BCUT2D eigenvalue weighted by Gasteiger charge is 2.37. The first-order valence-corrected chi connectivity index (χ1v) is 13.1. The standard InChI is InChI=1S/C29H20Br2N2O5/c1-37-25-14-19(13-23-27(34)32-29(36)33(28(23)35)21-11-9-20(30)10-12-21)24(31)15-26(25)38-16-18-7-4-6-17-5-2-3-8-22(17)18/h2-15H,16H2,1H3,(H,32,34,36)/b23-13+. The van der Waals surface area contributed by atoms with Crippen molar-refractivity contribution in [1.29, 1.82) is 0 Å². The molecule has 4 aromatic rings. The van der Waals surface area contributed by atoms with Gasteiger partial charge in [-0.1, -0.05) is 74.3 Å². The number of fused-ring (bicyclic) bond motifs is 1. The highest BCUT2D eigenvalue weighted by Crippen LogP contribution is 2.36. The Morgan fingerprint density at radius 1 is 0.895 bits per heavy atom. The first-order chi connectivity index (χ1) is 18.4. The van der Waals surface area contributed by atoms with Crippen molar-refractivity contribution in [2.24, 2.45) is 0 Å². The van der Waals surface area contributed by atoms with E-state index in [1.165, 1.54) is 13.2 Å². The molecular weight excluding hydrogens is 616 g/mol. The lowest BCUT2D eigenvalue weighted by molar-refractivity contribution is -0.122. The lowest BCUT2D eigenvalue weighted by Crippen LogP contribution is -2.54. The van der Waals surface area contributed by atoms with E-state index in [1.54, 1.807) is 36.4 Å². The second-order valence-electron chi connectivity index (χ2n) is 8.39. The number of hydrogen-bond acceptors (Lipinski definition) is 5. The van der Waals surface area contributed by atoms with E-state index in [0.717, 1.165) is 25.7 Å². The zero-order valence-electron chi connectivity index (χ0n) is 20.0. The molecule has 5 rings (SSSR count). The van der Waals surface area contributed by atoms with Gasteiger partial charge in [-0.25, -0.2) is 9.69 Å². The summed E-state index contributed by atoms with van der Waals surface area (Å²) in [5.74, 6) is -0.607. The van der Waals surface area contributed by atoms with Crippen molar-refractivity contribution < 1.29 is 23.9 Å². The number of benzene rings is 4. The lowest BCUT2D eigenvalue weighted by atomic mass is 10.1. The van der Waals surface area contributed by atoms with Crippen LogP contribution in [-0.2, 0) is 16.2 Å². The van der Waals surface area contributed by atoms with Gasteiger partial charge in [0.25, 0.3) is 11.8 Å². The molecule has 0 saturated carbocycles. The van der Waals surface area contributed by atoms with Crippen LogP contribution in [0.1, 0.15) is 11.1 Å². The summed E-state index contributed by atoms with van der Waals surface area (Å²) in [7, 11) is 1.51. The van der Waals surface area contributed by atoms with Crippen molar-refractivity contribution in [3.63, 3.8) is 0 Å². The van der Waals surface area contributed by atoms with E-state index in [-0.39, 0.29) is 5.57 Å². The van der Waals surface area contributed by atoms with Crippen LogP contribution in [0, 0.1) is 0 Å². The Hall–Kier alpha value is -3.95. The average Bonchev–Trinajstić information content (AvgIpc) is 2.91. The van der Waals surface area contributed by atoms with Crippen LogP contribution in [0.15, 0.2) is 93.4 Å². The van der Waals surface area contributed by atoms with Crippen molar-refractivity contribution in [2.75, 3.05) is 12.0 Å². The molecule has 0 aromatic heterocycles. The van der Waals surface area contributed by atoms with Gasteiger partial charge in [0.1, 0.15) is 12.2 Å². The van der Waals surface area contributed by atoms with Gasteiger partial charge in [0.05, 0.1) is 12.8 Å². The van der Waals surface area contributed by atoms with E-state index in [4.69, 9.17) is 9.47 Å². The average molecular weight is 636 g/mol. The van der Waals surface area contributed by atoms with E-state index in [0.29, 0.717) is 33.8 Å². The van der Waals surface area contributed by atoms with E-state index in [9.17, 15) is 14.4 Å². The van der Waals surface area contributed by atoms with Gasteiger partial charge in [0.2, 0.25) is 0 Å². The zero-order valence-corrected chi connectivity index (χ0v) is 23.2. The Morgan fingerprint density at radius 2 is 1.63 bits per heavy atom. The zero-order chi connectivity index (χ0) is 26.8. The second kappa shape index (κ2) is 10.8. The van der Waals surface area contributed by atoms with Crippen LogP contribution in [0.3, 0.4) is 0 Å². The van der Waals surface area contributed by atoms with Crippen LogP contribution >= 0.6 is 31.9 Å². The summed E-state index contributed by atoms with van der Waals surface area (Å²) in [4.78, 5) is 39.2. The fraction of sp³-hybridized carbons (Fsp3) is 0.0690. The molecule has 0 radical (unpaired) electrons. The number of amides is 4. The van der Waals surface area contributed by atoms with Crippen molar-refractivity contribution in [3.8, 4) is 11.5 Å². The molecule has 0 bridgehead atoms. The minimum absolute atomic E-state index is 0.195. The van der Waals surface area contributed by atoms with Crippen LogP contribution < -0.4 is 19.7 Å². The molecule has 1 aliphatic heterocycles. The van der Waals surface area contributed by atoms with Crippen LogP contribution in [0.25, 0.3) is 16.8 Å². The summed E-state index contributed by atoms with van der Waals surface area (Å²) >= 11 is 6.84. The quantitative estimate of drug-likeness (QED) is 0.190. The summed E-state index contributed by atoms with van der Waals surface area (Å²) < 4.78 is 13.0. The minimum Gasteiger partial charge on any atom is -0.493 e. The number of halogens is 2. The molecule has 1 heterocycles. The van der Waals surface area contributed by atoms with Crippen molar-refractivity contribution in [2.45, 2.75) is 6.61 Å². The summed E-state index contributed by atoms with van der Waals surface area (Å²) in [6, 6.07) is 23.3. The maximum atomic E-state index is 13.2. The number of urea groups is 1. The van der Waals surface area contributed by atoms with E-state index < -0.39 is 17.8 Å². The Morgan fingerprint density at radius 3 is 2.39 bits per heavy atom. The van der Waals surface area contributed by atoms with Gasteiger partial charge in [0, 0.05) is 8.95 Å². The molecule has 9 heteroatoms. The molecule has 1 aliphatic rings. The first kappa shape index (κ1) is 25.7. The fourth-order valence-electron chi connectivity index (χ4n) is 4.15. The third kappa shape index (κ3) is 5.07. The highest BCUT2D eigenvalue weighted by molar-refractivity contribution is 9.10. The van der Waals surface area contributed by atoms with Crippen molar-refractivity contribution in [3.05, 3.63) is 105 Å². The number of nitrogens with one attached hydrogen (secondary N) is 1. The van der Waals surface area contributed by atoms with Crippen LogP contribution in [0.2, 0.25) is 0 Å². The number of methoxy groups -OCH3 is 1. The summed E-state index contributed by atoms with van der Waals surface area (Å²) in [6.45, 7) is 0.315. The number of rotatable bonds is 6. The van der Waals surface area contributed by atoms with E-state index >= 15 is 0 Å². The van der Waals surface area contributed by atoms with E-state index in [2.05, 4.69) is 37.2 Å². The van der Waals surface area contributed by atoms with Gasteiger partial charge in [-0.15, -0.1) is 0 Å². The summed E-state index contributed by atoms with van der Waals surface area (Å²) in [6.07, 6.45) is 1.41. The number of imide groups is 2. The smallest absolute Gasteiger partial charge is 0.335 e. The molecule has 7 nitrogen and oxygen atoms in total. The predicted molar refractivity (Wildman–Crippen MR) is 152 cm³/mol. The largest absolute Gasteiger partial charge is 0.493 e. The highest BCUT2D eigenvalue weighted by atomic mass is 79.9. The number of nitrogens with zero attached hydrogens (tertiary/aromatic N) is 1. The molecule has 190 valence electrons. The maximum absolute atomic E-state index is 13.2. The lowest BCUT2D eigenvalue weighted by Gasteiger charge is -2.26. The molecule has 0 spiro atoms. The normalized spacial score (nSPS) is 14.7. The molecule has 0 unspecified atom stereocenters. The topological polar surface area (TPSA) is 84.9 Å². The van der Waals surface area contributed by atoms with Gasteiger partial charge >= 0.3 is 6.03 Å². The molecule has 1 N–H and O–H groups in total. The first-order valence-electron chi connectivity index (χ1n) is 11.5. The molecule has 38 heavy (non-hydrogen) atoms. The van der Waals surface area contributed by atoms with E-state index in [1.807, 2.05) is 42.5 Å². The molecule has 0 atom stereocenters. The third-order valence-corrected chi connectivity index (χ3v) is 7.25. The van der Waals surface area contributed by atoms with Crippen LogP contribution in [0.4, 0.5) is 10.5 Å². The fourth-order valence-corrected chi connectivity index (χ4v) is 4.85. The number of carbonyl (C=O) groups is 3. The number of carbonyl (C=O) groups excluding carboxylic acids is 3. The Bertz CT molecular complexity index is 1610. The van der Waals surface area contributed by atoms with Crippen LogP contribution in [0.5, 0.6) is 11.5 Å². The molecule has 1 saturated heterocycles. The third-order valence-electron chi connectivity index (χ3n) is 6.03. The Labute approximate surface area is 235 Å². The minimum atomic E-state index is -0.812. The molecule has 4 amide bonds. The molecule has 4 aromatic carbocycles. The Balaban J connectivity index is 1.44. The summed E-state index contributed by atoms with van der Waals surface area (Å²) in [5, 5.41) is 4.45. The monoisotopic (exact) mass is 634 g/mol. The van der Waals surface area contributed by atoms with Gasteiger partial charge in [-0.05, 0) is 64.4 Å². The van der Waals surface area contributed by atoms with Crippen molar-refractivity contribution in [1.82, 2.24) is 5.32 Å². The summed E-state index contributed by atoms with van der Waals surface area (Å²) in [5.41, 5.74) is 1.67. The number of anilines is 1. The number of ether oxygens (including phenoxy) is 2. The second-order valence-corrected chi connectivity index (χ2v) is 10.2. The maximum Gasteiger partial charge on any atom is 0.335 e. The van der Waals surface area contributed by atoms with Gasteiger partial charge in [-0.3, -0.25) is 14.9 Å². The molecule has 1 fully saturated rings. The SMILES string of the molecule is COc1cc(/C=C2\C(=O)NC(=O)N(c3ccc(Br)cc3)C2=O)c(Br)cc1OCc1cccc2ccccc12.